The molecule has 1 atom stereocenters. The second kappa shape index (κ2) is 5.07. The number of hydrogen-bond acceptors (Lipinski definition) is 3. The van der Waals surface area contributed by atoms with Gasteiger partial charge in [-0.3, -0.25) is 9.36 Å². The minimum atomic E-state index is -3.66. The highest BCUT2D eigenvalue weighted by atomic mass is 31.2. The molecule has 15 heavy (non-hydrogen) atoms. The monoisotopic (exact) mass is 229 g/mol. The molecular formula is C9H12NO4P. The maximum Gasteiger partial charge on any atom is 0.346 e. The highest BCUT2D eigenvalue weighted by molar-refractivity contribution is 7.51. The molecule has 0 radical (unpaired) electrons. The molecule has 5 nitrogen and oxygen atoms in total. The number of hydrogen-bond donors (Lipinski definition) is 2. The smallest absolute Gasteiger partial charge is 0.323 e. The summed E-state index contributed by atoms with van der Waals surface area (Å²) in [5.74, 6) is -0.461. The van der Waals surface area contributed by atoms with Crippen LogP contribution in [0.25, 0.3) is 0 Å². The first kappa shape index (κ1) is 11.9. The summed E-state index contributed by atoms with van der Waals surface area (Å²) in [6.45, 7) is 0.996. The van der Waals surface area contributed by atoms with Gasteiger partial charge < -0.3 is 4.89 Å². The standard InChI is InChI=1S/C9H12NO4P/c1-15(12,13)14-10-9(11)7-8-5-3-2-4-6-8/h2-6H,7H2,1H3,(H,10,11)(H,12,13). The van der Waals surface area contributed by atoms with Gasteiger partial charge in [-0.2, -0.15) is 4.62 Å². The first-order chi connectivity index (χ1) is 6.97. The van der Waals surface area contributed by atoms with Gasteiger partial charge in [-0.05, 0) is 5.56 Å². The zero-order valence-corrected chi connectivity index (χ0v) is 9.11. The number of hydroxylamine groups is 1. The SMILES string of the molecule is CP(=O)(O)ONC(=O)Cc1ccccc1. The van der Waals surface area contributed by atoms with Gasteiger partial charge in [0.15, 0.2) is 0 Å². The van der Waals surface area contributed by atoms with E-state index >= 15 is 0 Å². The average molecular weight is 229 g/mol. The van der Waals surface area contributed by atoms with E-state index in [0.29, 0.717) is 0 Å². The highest BCUT2D eigenvalue weighted by Crippen LogP contribution is 2.34. The van der Waals surface area contributed by atoms with E-state index in [0.717, 1.165) is 12.2 Å². The molecule has 1 aromatic carbocycles. The van der Waals surface area contributed by atoms with Crippen LogP contribution < -0.4 is 5.48 Å². The highest BCUT2D eigenvalue weighted by Gasteiger charge is 2.12. The first-order valence-corrected chi connectivity index (χ1v) is 6.31. The van der Waals surface area contributed by atoms with Crippen LogP contribution in [0.15, 0.2) is 30.3 Å². The summed E-state index contributed by atoms with van der Waals surface area (Å²) in [6, 6.07) is 9.01. The van der Waals surface area contributed by atoms with Crippen LogP contribution in [0.3, 0.4) is 0 Å². The molecule has 0 fully saturated rings. The second-order valence-corrected chi connectivity index (χ2v) is 4.87. The Kier molecular flexibility index (Phi) is 4.03. The normalized spacial score (nSPS) is 14.3. The van der Waals surface area contributed by atoms with Crippen molar-refractivity contribution >= 4 is 13.5 Å². The summed E-state index contributed by atoms with van der Waals surface area (Å²) in [6.07, 6.45) is 0.112. The largest absolute Gasteiger partial charge is 0.346 e. The molecule has 0 spiro atoms. The van der Waals surface area contributed by atoms with Crippen molar-refractivity contribution in [2.75, 3.05) is 6.66 Å². The lowest BCUT2D eigenvalue weighted by Crippen LogP contribution is -2.24. The summed E-state index contributed by atoms with van der Waals surface area (Å²) in [5.41, 5.74) is 2.73. The van der Waals surface area contributed by atoms with Crippen molar-refractivity contribution in [3.8, 4) is 0 Å². The molecule has 1 amide bonds. The minimum absolute atomic E-state index is 0.112. The van der Waals surface area contributed by atoms with Crippen LogP contribution in [0.2, 0.25) is 0 Å². The van der Waals surface area contributed by atoms with E-state index in [2.05, 4.69) is 4.62 Å². The number of benzene rings is 1. The summed E-state index contributed by atoms with van der Waals surface area (Å²) in [5, 5.41) is 0. The Morgan fingerprint density at radius 1 is 1.47 bits per heavy atom. The molecule has 82 valence electrons. The third kappa shape index (κ3) is 5.32. The lowest BCUT2D eigenvalue weighted by molar-refractivity contribution is -0.127. The Morgan fingerprint density at radius 3 is 2.60 bits per heavy atom. The van der Waals surface area contributed by atoms with Gasteiger partial charge >= 0.3 is 7.60 Å². The Hall–Kier alpha value is -1.16. The van der Waals surface area contributed by atoms with Gasteiger partial charge in [0.2, 0.25) is 5.91 Å². The molecule has 1 unspecified atom stereocenters. The van der Waals surface area contributed by atoms with Crippen LogP contribution in [0.1, 0.15) is 5.56 Å². The molecule has 0 bridgehead atoms. The molecule has 1 aromatic rings. The van der Waals surface area contributed by atoms with Crippen LogP contribution in [0, 0.1) is 0 Å². The van der Waals surface area contributed by atoms with Crippen molar-refractivity contribution in [2.45, 2.75) is 6.42 Å². The van der Waals surface area contributed by atoms with Crippen molar-refractivity contribution in [1.29, 1.82) is 0 Å². The van der Waals surface area contributed by atoms with Gasteiger partial charge in [0.1, 0.15) is 0 Å². The Labute approximate surface area is 87.6 Å². The number of amides is 1. The van der Waals surface area contributed by atoms with Crippen molar-refractivity contribution < 1.29 is 18.9 Å². The fourth-order valence-corrected chi connectivity index (χ4v) is 1.22. The predicted octanol–water partition coefficient (Wildman–Crippen LogP) is 1.09. The topological polar surface area (TPSA) is 75.6 Å². The maximum atomic E-state index is 11.2. The number of rotatable bonds is 4. The lowest BCUT2D eigenvalue weighted by atomic mass is 10.1. The molecular weight excluding hydrogens is 217 g/mol. The molecule has 0 heterocycles. The van der Waals surface area contributed by atoms with Gasteiger partial charge in [0.05, 0.1) is 6.42 Å². The molecule has 0 saturated carbocycles. The molecule has 0 aliphatic carbocycles. The third-order valence-corrected chi connectivity index (χ3v) is 1.97. The molecule has 1 rings (SSSR count). The van der Waals surface area contributed by atoms with Crippen molar-refractivity contribution in [3.63, 3.8) is 0 Å². The zero-order valence-electron chi connectivity index (χ0n) is 8.21. The molecule has 0 saturated heterocycles. The molecule has 6 heteroatoms. The van der Waals surface area contributed by atoms with Crippen LogP contribution in [-0.2, 0) is 20.4 Å². The quantitative estimate of drug-likeness (QED) is 0.598. The molecule has 0 aliphatic heterocycles. The fraction of sp³-hybridized carbons (Fsp3) is 0.222. The lowest BCUT2D eigenvalue weighted by Gasteiger charge is -2.07. The van der Waals surface area contributed by atoms with E-state index in [-0.39, 0.29) is 6.42 Å². The van der Waals surface area contributed by atoms with E-state index < -0.39 is 13.5 Å². The van der Waals surface area contributed by atoms with E-state index in [1.54, 1.807) is 24.3 Å². The van der Waals surface area contributed by atoms with Crippen LogP contribution in [0.4, 0.5) is 0 Å². The Bertz CT molecular complexity index is 373. The summed E-state index contributed by atoms with van der Waals surface area (Å²) in [7, 11) is -3.66. The van der Waals surface area contributed by atoms with E-state index in [9.17, 15) is 9.36 Å². The van der Waals surface area contributed by atoms with Crippen LogP contribution in [-0.4, -0.2) is 17.5 Å². The maximum absolute atomic E-state index is 11.2. The van der Waals surface area contributed by atoms with Crippen LogP contribution >= 0.6 is 7.60 Å². The fourth-order valence-electron chi connectivity index (χ4n) is 0.953. The van der Waals surface area contributed by atoms with Crippen molar-refractivity contribution in [2.24, 2.45) is 0 Å². The number of carbonyl (C=O) groups excluding carboxylic acids is 1. The third-order valence-electron chi connectivity index (χ3n) is 1.54. The molecule has 2 N–H and O–H groups in total. The molecule has 0 aliphatic rings. The number of carbonyl (C=O) groups is 1. The van der Waals surface area contributed by atoms with Gasteiger partial charge in [0, 0.05) is 6.66 Å². The summed E-state index contributed by atoms with van der Waals surface area (Å²) in [4.78, 5) is 19.9. The molecule has 0 aromatic heterocycles. The first-order valence-electron chi connectivity index (χ1n) is 4.29. The van der Waals surface area contributed by atoms with E-state index in [1.165, 1.54) is 0 Å². The minimum Gasteiger partial charge on any atom is -0.323 e. The van der Waals surface area contributed by atoms with Gasteiger partial charge in [-0.15, -0.1) is 0 Å². The van der Waals surface area contributed by atoms with E-state index in [4.69, 9.17) is 4.89 Å². The zero-order chi connectivity index (χ0) is 11.3. The summed E-state index contributed by atoms with van der Waals surface area (Å²) < 4.78 is 15.0. The Morgan fingerprint density at radius 2 is 2.07 bits per heavy atom. The van der Waals surface area contributed by atoms with Gasteiger partial charge in [-0.25, -0.2) is 5.48 Å². The Balaban J connectivity index is 2.41. The van der Waals surface area contributed by atoms with Gasteiger partial charge in [-0.1, -0.05) is 30.3 Å². The van der Waals surface area contributed by atoms with Crippen molar-refractivity contribution in [1.82, 2.24) is 5.48 Å². The van der Waals surface area contributed by atoms with E-state index in [1.807, 2.05) is 11.5 Å². The predicted molar refractivity (Wildman–Crippen MR) is 55.1 cm³/mol. The van der Waals surface area contributed by atoms with Gasteiger partial charge in [0.25, 0.3) is 0 Å². The van der Waals surface area contributed by atoms with Crippen LogP contribution in [0.5, 0.6) is 0 Å². The number of nitrogens with one attached hydrogen (secondary N) is 1. The average Bonchev–Trinajstić information content (AvgIpc) is 2.15. The second-order valence-electron chi connectivity index (χ2n) is 3.08. The summed E-state index contributed by atoms with van der Waals surface area (Å²) >= 11 is 0. The van der Waals surface area contributed by atoms with Crippen molar-refractivity contribution in [3.05, 3.63) is 35.9 Å².